The van der Waals surface area contributed by atoms with Gasteiger partial charge in [-0.3, -0.25) is 9.67 Å². The van der Waals surface area contributed by atoms with E-state index in [1.807, 2.05) is 13.8 Å². The molecule has 2 amide bonds. The summed E-state index contributed by atoms with van der Waals surface area (Å²) in [7, 11) is 1.76. The summed E-state index contributed by atoms with van der Waals surface area (Å²) >= 11 is 0. The summed E-state index contributed by atoms with van der Waals surface area (Å²) in [5, 5.41) is 9.34. The van der Waals surface area contributed by atoms with E-state index in [0.29, 0.717) is 5.82 Å². The maximum absolute atomic E-state index is 13.0. The van der Waals surface area contributed by atoms with Gasteiger partial charge in [-0.05, 0) is 5.92 Å². The van der Waals surface area contributed by atoms with Gasteiger partial charge in [0, 0.05) is 13.1 Å². The highest BCUT2D eigenvalue weighted by Crippen LogP contribution is 2.19. The summed E-state index contributed by atoms with van der Waals surface area (Å²) in [6.07, 6.45) is 3.87. The van der Waals surface area contributed by atoms with Crippen LogP contribution in [0.3, 0.4) is 0 Å². The van der Waals surface area contributed by atoms with Gasteiger partial charge in [0.1, 0.15) is 18.0 Å². The average molecular weight is 292 g/mol. The molecule has 112 valence electrons. The Morgan fingerprint density at radius 2 is 2.14 bits per heavy atom. The number of carbonyl (C=O) groups is 1. The Morgan fingerprint density at radius 1 is 1.38 bits per heavy atom. The molecule has 0 aliphatic heterocycles. The number of aromatic nitrogens is 4. The minimum Gasteiger partial charge on any atom is -0.328 e. The lowest BCUT2D eigenvalue weighted by atomic mass is 10.0. The van der Waals surface area contributed by atoms with Crippen LogP contribution in [0.5, 0.6) is 0 Å². The van der Waals surface area contributed by atoms with E-state index in [1.54, 1.807) is 11.7 Å². The van der Waals surface area contributed by atoms with Crippen LogP contribution in [0.4, 0.5) is 14.9 Å². The quantitative estimate of drug-likeness (QED) is 0.901. The van der Waals surface area contributed by atoms with Gasteiger partial charge in [0.15, 0.2) is 0 Å². The van der Waals surface area contributed by atoms with Crippen molar-refractivity contribution in [3.8, 4) is 0 Å². The summed E-state index contributed by atoms with van der Waals surface area (Å²) in [4.78, 5) is 19.8. The van der Waals surface area contributed by atoms with E-state index in [-0.39, 0.29) is 17.6 Å². The van der Waals surface area contributed by atoms with Crippen LogP contribution in [-0.2, 0) is 7.05 Å². The first-order valence-corrected chi connectivity index (χ1v) is 6.49. The fourth-order valence-corrected chi connectivity index (χ4v) is 1.90. The van der Waals surface area contributed by atoms with Crippen molar-refractivity contribution >= 4 is 11.7 Å². The maximum atomic E-state index is 13.0. The van der Waals surface area contributed by atoms with Crippen LogP contribution < -0.4 is 10.6 Å². The first-order valence-electron chi connectivity index (χ1n) is 6.49. The molecule has 2 N–H and O–H groups in total. The van der Waals surface area contributed by atoms with Gasteiger partial charge in [0.25, 0.3) is 0 Å². The van der Waals surface area contributed by atoms with Crippen LogP contribution in [0, 0.1) is 11.7 Å². The fourth-order valence-electron chi connectivity index (χ4n) is 1.90. The van der Waals surface area contributed by atoms with Gasteiger partial charge in [-0.1, -0.05) is 13.8 Å². The highest BCUT2D eigenvalue weighted by molar-refractivity contribution is 5.89. The summed E-state index contributed by atoms with van der Waals surface area (Å²) in [5.41, 5.74) is 0.285. The van der Waals surface area contributed by atoms with Gasteiger partial charge in [0.2, 0.25) is 0 Å². The van der Waals surface area contributed by atoms with E-state index in [4.69, 9.17) is 0 Å². The van der Waals surface area contributed by atoms with Gasteiger partial charge in [-0.2, -0.15) is 5.10 Å². The Balaban J connectivity index is 2.07. The summed E-state index contributed by atoms with van der Waals surface area (Å²) < 4.78 is 14.6. The third kappa shape index (κ3) is 3.74. The molecule has 0 unspecified atom stereocenters. The molecule has 0 saturated heterocycles. The van der Waals surface area contributed by atoms with Gasteiger partial charge >= 0.3 is 6.03 Å². The van der Waals surface area contributed by atoms with Gasteiger partial charge in [-0.15, -0.1) is 0 Å². The number of nitrogens with one attached hydrogen (secondary N) is 2. The molecular weight excluding hydrogens is 275 g/mol. The van der Waals surface area contributed by atoms with E-state index in [1.165, 1.54) is 18.6 Å². The van der Waals surface area contributed by atoms with Crippen LogP contribution in [0.2, 0.25) is 0 Å². The van der Waals surface area contributed by atoms with Crippen LogP contribution in [-0.4, -0.2) is 25.8 Å². The minimum atomic E-state index is -0.512. The van der Waals surface area contributed by atoms with Gasteiger partial charge < -0.3 is 10.6 Å². The van der Waals surface area contributed by atoms with E-state index in [2.05, 4.69) is 25.7 Å². The topological polar surface area (TPSA) is 84.7 Å². The summed E-state index contributed by atoms with van der Waals surface area (Å²) in [6.45, 7) is 3.92. The van der Waals surface area contributed by atoms with Crippen molar-refractivity contribution in [3.05, 3.63) is 36.4 Å². The predicted octanol–water partition coefficient (Wildman–Crippen LogP) is 1.87. The van der Waals surface area contributed by atoms with Crippen molar-refractivity contribution in [2.24, 2.45) is 13.0 Å². The van der Waals surface area contributed by atoms with Crippen molar-refractivity contribution in [2.45, 2.75) is 19.9 Å². The second kappa shape index (κ2) is 6.29. The van der Waals surface area contributed by atoms with E-state index in [0.717, 1.165) is 6.20 Å². The molecule has 0 aromatic carbocycles. The van der Waals surface area contributed by atoms with Crippen molar-refractivity contribution in [3.63, 3.8) is 0 Å². The number of aryl methyl sites for hydroxylation is 1. The van der Waals surface area contributed by atoms with Crippen molar-refractivity contribution < 1.29 is 9.18 Å². The van der Waals surface area contributed by atoms with Crippen LogP contribution >= 0.6 is 0 Å². The number of nitrogens with zero attached hydrogens (tertiary/aromatic N) is 4. The number of anilines is 1. The van der Waals surface area contributed by atoms with Gasteiger partial charge in [-0.25, -0.2) is 14.2 Å². The first-order chi connectivity index (χ1) is 9.97. The molecule has 7 nitrogen and oxygen atoms in total. The lowest BCUT2D eigenvalue weighted by Gasteiger charge is -2.21. The van der Waals surface area contributed by atoms with Crippen LogP contribution in [0.15, 0.2) is 24.8 Å². The number of hydrogen-bond donors (Lipinski definition) is 2. The summed E-state index contributed by atoms with van der Waals surface area (Å²) in [5.74, 6) is 0.253. The zero-order valence-electron chi connectivity index (χ0n) is 12.0. The van der Waals surface area contributed by atoms with E-state index >= 15 is 0 Å². The third-order valence-electron chi connectivity index (χ3n) is 2.94. The Labute approximate surface area is 121 Å². The highest BCUT2D eigenvalue weighted by Gasteiger charge is 2.22. The third-order valence-corrected chi connectivity index (χ3v) is 2.94. The largest absolute Gasteiger partial charge is 0.328 e. The van der Waals surface area contributed by atoms with Crippen molar-refractivity contribution in [2.75, 3.05) is 5.32 Å². The molecule has 0 radical (unpaired) electrons. The standard InChI is InChI=1S/C13H17FN6O/c1-8(2)11(12-16-7-17-20(12)3)19-13(21)18-10-4-9(14)5-15-6-10/h4-8,11H,1-3H3,(H2,18,19,21)/t11-/m0/s1. The summed E-state index contributed by atoms with van der Waals surface area (Å²) in [6, 6.07) is 0.433. The number of rotatable bonds is 4. The van der Waals surface area contributed by atoms with Crippen LogP contribution in [0.1, 0.15) is 25.7 Å². The Kier molecular flexibility index (Phi) is 4.46. The van der Waals surface area contributed by atoms with Gasteiger partial charge in [0.05, 0.1) is 24.1 Å². The molecule has 2 aromatic heterocycles. The molecule has 0 fully saturated rings. The molecular formula is C13H17FN6O. The lowest BCUT2D eigenvalue weighted by molar-refractivity contribution is 0.243. The Morgan fingerprint density at radius 3 is 2.71 bits per heavy atom. The molecule has 21 heavy (non-hydrogen) atoms. The number of amides is 2. The first kappa shape index (κ1) is 14.9. The number of carbonyl (C=O) groups excluding carboxylic acids is 1. The lowest BCUT2D eigenvalue weighted by Crippen LogP contribution is -2.36. The predicted molar refractivity (Wildman–Crippen MR) is 74.9 cm³/mol. The number of pyridine rings is 1. The smallest absolute Gasteiger partial charge is 0.319 e. The Bertz CT molecular complexity index is 627. The minimum absolute atomic E-state index is 0.115. The molecule has 2 heterocycles. The molecule has 2 aromatic rings. The van der Waals surface area contributed by atoms with E-state index in [9.17, 15) is 9.18 Å². The SMILES string of the molecule is CC(C)[C@H](NC(=O)Nc1cncc(F)c1)c1ncnn1C. The molecule has 0 saturated carbocycles. The monoisotopic (exact) mass is 292 g/mol. The molecule has 0 spiro atoms. The van der Waals surface area contributed by atoms with Crippen LogP contribution in [0.25, 0.3) is 0 Å². The molecule has 8 heteroatoms. The zero-order chi connectivity index (χ0) is 15.4. The van der Waals surface area contributed by atoms with E-state index < -0.39 is 11.8 Å². The average Bonchev–Trinajstić information content (AvgIpc) is 2.81. The maximum Gasteiger partial charge on any atom is 0.319 e. The Hall–Kier alpha value is -2.51. The second-order valence-electron chi connectivity index (χ2n) is 4.95. The second-order valence-corrected chi connectivity index (χ2v) is 4.95. The highest BCUT2D eigenvalue weighted by atomic mass is 19.1. The number of hydrogen-bond acceptors (Lipinski definition) is 4. The molecule has 0 bridgehead atoms. The number of urea groups is 1. The fraction of sp³-hybridized carbons (Fsp3) is 0.385. The molecule has 1 atom stereocenters. The zero-order valence-corrected chi connectivity index (χ0v) is 12.0. The van der Waals surface area contributed by atoms with Crippen molar-refractivity contribution in [1.82, 2.24) is 25.1 Å². The number of halogens is 1. The normalized spacial score (nSPS) is 12.2. The molecule has 2 rings (SSSR count). The molecule has 0 aliphatic rings. The molecule has 0 aliphatic carbocycles. The van der Waals surface area contributed by atoms with Crippen molar-refractivity contribution in [1.29, 1.82) is 0 Å².